The Morgan fingerprint density at radius 2 is 1.74 bits per heavy atom. The third kappa shape index (κ3) is 3.01. The molecule has 0 atom stereocenters. The highest BCUT2D eigenvalue weighted by molar-refractivity contribution is 5.75. The Labute approximate surface area is 132 Å². The molecule has 0 radical (unpaired) electrons. The molecule has 0 fully saturated rings. The number of aromatic nitrogens is 5. The van der Waals surface area contributed by atoms with E-state index >= 15 is 0 Å². The Morgan fingerprint density at radius 3 is 2.61 bits per heavy atom. The van der Waals surface area contributed by atoms with Gasteiger partial charge in [-0.05, 0) is 24.3 Å². The van der Waals surface area contributed by atoms with Gasteiger partial charge in [0, 0.05) is 18.5 Å². The number of pyridine rings is 1. The summed E-state index contributed by atoms with van der Waals surface area (Å²) >= 11 is 0. The Hall–Kier alpha value is -3.28. The SMILES string of the molecule is c1ccc(Cn2ccc(Nc3cnc4ccccc4n3)n2)nc1. The van der Waals surface area contributed by atoms with E-state index in [9.17, 15) is 0 Å². The quantitative estimate of drug-likeness (QED) is 0.627. The Morgan fingerprint density at radius 1 is 0.870 bits per heavy atom. The fourth-order valence-electron chi connectivity index (χ4n) is 2.32. The van der Waals surface area contributed by atoms with Crippen LogP contribution in [0.1, 0.15) is 5.69 Å². The molecular formula is C17H14N6. The first-order chi connectivity index (χ1) is 11.4. The van der Waals surface area contributed by atoms with Crippen LogP contribution in [0.15, 0.2) is 67.1 Å². The molecule has 0 aliphatic carbocycles. The van der Waals surface area contributed by atoms with Crippen LogP contribution in [0.25, 0.3) is 11.0 Å². The predicted octanol–water partition coefficient (Wildman–Crippen LogP) is 3.01. The summed E-state index contributed by atoms with van der Waals surface area (Å²) in [5, 5.41) is 7.65. The molecule has 23 heavy (non-hydrogen) atoms. The minimum absolute atomic E-state index is 0.631. The van der Waals surface area contributed by atoms with Crippen LogP contribution in [0.5, 0.6) is 0 Å². The summed E-state index contributed by atoms with van der Waals surface area (Å²) < 4.78 is 1.83. The minimum Gasteiger partial charge on any atom is -0.322 e. The summed E-state index contributed by atoms with van der Waals surface area (Å²) in [4.78, 5) is 13.2. The number of anilines is 2. The van der Waals surface area contributed by atoms with Crippen molar-refractivity contribution >= 4 is 22.7 Å². The summed E-state index contributed by atoms with van der Waals surface area (Å²) in [6, 6.07) is 15.5. The van der Waals surface area contributed by atoms with E-state index < -0.39 is 0 Å². The van der Waals surface area contributed by atoms with E-state index in [0.29, 0.717) is 12.4 Å². The molecule has 6 heteroatoms. The summed E-state index contributed by atoms with van der Waals surface area (Å²) in [6.45, 7) is 0.631. The molecule has 3 aromatic heterocycles. The van der Waals surface area contributed by atoms with Crippen LogP contribution in [0.3, 0.4) is 0 Å². The van der Waals surface area contributed by atoms with Crippen molar-refractivity contribution in [2.45, 2.75) is 6.54 Å². The lowest BCUT2D eigenvalue weighted by atomic mass is 10.3. The topological polar surface area (TPSA) is 68.5 Å². The highest BCUT2D eigenvalue weighted by Gasteiger charge is 2.03. The molecule has 0 aliphatic heterocycles. The average molecular weight is 302 g/mol. The maximum absolute atomic E-state index is 4.53. The van der Waals surface area contributed by atoms with Crippen molar-refractivity contribution in [1.82, 2.24) is 24.7 Å². The summed E-state index contributed by atoms with van der Waals surface area (Å²) in [5.41, 5.74) is 2.69. The predicted molar refractivity (Wildman–Crippen MR) is 88.4 cm³/mol. The van der Waals surface area contributed by atoms with Gasteiger partial charge >= 0.3 is 0 Å². The number of nitrogens with zero attached hydrogens (tertiary/aromatic N) is 5. The summed E-state index contributed by atoms with van der Waals surface area (Å²) in [7, 11) is 0. The molecule has 1 N–H and O–H groups in total. The van der Waals surface area contributed by atoms with Crippen molar-refractivity contribution in [2.24, 2.45) is 0 Å². The molecule has 112 valence electrons. The van der Waals surface area contributed by atoms with Crippen molar-refractivity contribution in [2.75, 3.05) is 5.32 Å². The van der Waals surface area contributed by atoms with E-state index in [0.717, 1.165) is 22.5 Å². The standard InChI is InChI=1S/C17H14N6/c1-2-7-15-14(6-1)19-11-17(20-15)21-16-8-10-23(22-16)12-13-5-3-4-9-18-13/h1-11H,12H2,(H,20,21,22). The zero-order chi connectivity index (χ0) is 15.5. The minimum atomic E-state index is 0.631. The van der Waals surface area contributed by atoms with Gasteiger partial charge in [-0.15, -0.1) is 0 Å². The van der Waals surface area contributed by atoms with Crippen molar-refractivity contribution in [1.29, 1.82) is 0 Å². The van der Waals surface area contributed by atoms with Gasteiger partial charge in [0.25, 0.3) is 0 Å². The van der Waals surface area contributed by atoms with Gasteiger partial charge in [0.2, 0.25) is 0 Å². The zero-order valence-corrected chi connectivity index (χ0v) is 12.3. The van der Waals surface area contributed by atoms with Crippen LogP contribution >= 0.6 is 0 Å². The van der Waals surface area contributed by atoms with E-state index in [1.54, 1.807) is 12.4 Å². The van der Waals surface area contributed by atoms with Gasteiger partial charge in [-0.1, -0.05) is 18.2 Å². The zero-order valence-electron chi connectivity index (χ0n) is 12.3. The van der Waals surface area contributed by atoms with Gasteiger partial charge in [0.15, 0.2) is 11.6 Å². The molecule has 4 aromatic rings. The van der Waals surface area contributed by atoms with Crippen LogP contribution < -0.4 is 5.32 Å². The van der Waals surface area contributed by atoms with Gasteiger partial charge in [-0.3, -0.25) is 14.6 Å². The number of benzene rings is 1. The number of fused-ring (bicyclic) bond motifs is 1. The van der Waals surface area contributed by atoms with Crippen molar-refractivity contribution in [3.63, 3.8) is 0 Å². The maximum atomic E-state index is 4.53. The van der Waals surface area contributed by atoms with E-state index in [1.807, 2.05) is 59.4 Å². The van der Waals surface area contributed by atoms with E-state index in [2.05, 4.69) is 25.4 Å². The van der Waals surface area contributed by atoms with Crippen molar-refractivity contribution in [3.8, 4) is 0 Å². The molecule has 4 rings (SSSR count). The molecule has 0 aliphatic rings. The molecular weight excluding hydrogens is 288 g/mol. The second-order valence-corrected chi connectivity index (χ2v) is 5.09. The van der Waals surface area contributed by atoms with Crippen LogP contribution in [-0.4, -0.2) is 24.7 Å². The summed E-state index contributed by atoms with van der Waals surface area (Å²) in [6.07, 6.45) is 5.40. The number of rotatable bonds is 4. The van der Waals surface area contributed by atoms with Crippen molar-refractivity contribution in [3.05, 3.63) is 72.8 Å². The third-order valence-corrected chi connectivity index (χ3v) is 3.40. The van der Waals surface area contributed by atoms with Crippen molar-refractivity contribution < 1.29 is 0 Å². The van der Waals surface area contributed by atoms with E-state index in [1.165, 1.54) is 0 Å². The molecule has 1 aromatic carbocycles. The average Bonchev–Trinajstić information content (AvgIpc) is 3.02. The number of hydrogen-bond donors (Lipinski definition) is 1. The molecule has 0 amide bonds. The van der Waals surface area contributed by atoms with Crippen LogP contribution in [0, 0.1) is 0 Å². The van der Waals surface area contributed by atoms with Crippen LogP contribution in [-0.2, 0) is 6.54 Å². The normalized spacial score (nSPS) is 10.8. The van der Waals surface area contributed by atoms with Gasteiger partial charge in [0.05, 0.1) is 29.5 Å². The van der Waals surface area contributed by atoms with E-state index in [-0.39, 0.29) is 0 Å². The fourth-order valence-corrected chi connectivity index (χ4v) is 2.32. The number of nitrogens with one attached hydrogen (secondary N) is 1. The van der Waals surface area contributed by atoms with Gasteiger partial charge in [-0.25, -0.2) is 4.98 Å². The highest BCUT2D eigenvalue weighted by atomic mass is 15.3. The molecule has 0 saturated heterocycles. The highest BCUT2D eigenvalue weighted by Crippen LogP contribution is 2.15. The Kier molecular flexibility index (Phi) is 3.40. The molecule has 0 saturated carbocycles. The van der Waals surface area contributed by atoms with E-state index in [4.69, 9.17) is 0 Å². The lowest BCUT2D eigenvalue weighted by molar-refractivity contribution is 0.675. The molecule has 3 heterocycles. The number of para-hydroxylation sites is 2. The first-order valence-electron chi connectivity index (χ1n) is 7.29. The number of hydrogen-bond acceptors (Lipinski definition) is 5. The largest absolute Gasteiger partial charge is 0.322 e. The second-order valence-electron chi connectivity index (χ2n) is 5.09. The molecule has 0 bridgehead atoms. The Bertz CT molecular complexity index is 932. The molecule has 0 spiro atoms. The van der Waals surface area contributed by atoms with Crippen LogP contribution in [0.2, 0.25) is 0 Å². The smallest absolute Gasteiger partial charge is 0.153 e. The first kappa shape index (κ1) is 13.4. The molecule has 6 nitrogen and oxygen atoms in total. The summed E-state index contributed by atoms with van der Waals surface area (Å²) in [5.74, 6) is 1.40. The van der Waals surface area contributed by atoms with Gasteiger partial charge in [-0.2, -0.15) is 5.10 Å². The second kappa shape index (κ2) is 5.84. The monoisotopic (exact) mass is 302 g/mol. The molecule has 0 unspecified atom stereocenters. The first-order valence-corrected chi connectivity index (χ1v) is 7.29. The lowest BCUT2D eigenvalue weighted by Crippen LogP contribution is -2.03. The Balaban J connectivity index is 1.52. The van der Waals surface area contributed by atoms with Gasteiger partial charge in [0.1, 0.15) is 0 Å². The lowest BCUT2D eigenvalue weighted by Gasteiger charge is -2.03. The fraction of sp³-hybridized carbons (Fsp3) is 0.0588. The van der Waals surface area contributed by atoms with Crippen LogP contribution in [0.4, 0.5) is 11.6 Å². The maximum Gasteiger partial charge on any atom is 0.153 e. The van der Waals surface area contributed by atoms with Gasteiger partial charge < -0.3 is 5.32 Å². The third-order valence-electron chi connectivity index (χ3n) is 3.40.